The molecule has 2 atom stereocenters. The SMILES string of the molecule is N#Cc1nccnc1OC1CCCN(C(=O)C2CCC(=O)N2)C1. The van der Waals surface area contributed by atoms with Crippen molar-refractivity contribution in [3.05, 3.63) is 18.1 Å². The number of ether oxygens (including phenoxy) is 1. The number of rotatable bonds is 3. The van der Waals surface area contributed by atoms with E-state index in [9.17, 15) is 9.59 Å². The number of nitrogens with zero attached hydrogens (tertiary/aromatic N) is 4. The van der Waals surface area contributed by atoms with E-state index < -0.39 is 6.04 Å². The van der Waals surface area contributed by atoms with Crippen molar-refractivity contribution in [1.82, 2.24) is 20.2 Å². The van der Waals surface area contributed by atoms with Crippen LogP contribution < -0.4 is 10.1 Å². The van der Waals surface area contributed by atoms with Gasteiger partial charge in [0.25, 0.3) is 5.88 Å². The maximum Gasteiger partial charge on any atom is 0.251 e. The Kier molecular flexibility index (Phi) is 4.37. The molecule has 3 rings (SSSR count). The number of carbonyl (C=O) groups excluding carboxylic acids is 2. The molecular weight excluding hydrogens is 298 g/mol. The minimum Gasteiger partial charge on any atom is -0.470 e. The number of nitrogens with one attached hydrogen (secondary N) is 1. The predicted molar refractivity (Wildman–Crippen MR) is 78.1 cm³/mol. The zero-order valence-electron chi connectivity index (χ0n) is 12.6. The zero-order chi connectivity index (χ0) is 16.2. The van der Waals surface area contributed by atoms with Crippen LogP contribution in [0.25, 0.3) is 0 Å². The summed E-state index contributed by atoms with van der Waals surface area (Å²) in [5.74, 6) is 0.0543. The Morgan fingerprint density at radius 2 is 2.22 bits per heavy atom. The van der Waals surface area contributed by atoms with Gasteiger partial charge >= 0.3 is 0 Å². The molecule has 8 nitrogen and oxygen atoms in total. The molecule has 3 heterocycles. The molecule has 0 aromatic carbocycles. The number of hydrogen-bond donors (Lipinski definition) is 1. The lowest BCUT2D eigenvalue weighted by atomic mass is 10.1. The van der Waals surface area contributed by atoms with Crippen LogP contribution in [-0.2, 0) is 9.59 Å². The van der Waals surface area contributed by atoms with Crippen LogP contribution in [0.2, 0.25) is 0 Å². The highest BCUT2D eigenvalue weighted by atomic mass is 16.5. The van der Waals surface area contributed by atoms with Gasteiger partial charge in [-0.3, -0.25) is 9.59 Å². The second-order valence-electron chi connectivity index (χ2n) is 5.65. The summed E-state index contributed by atoms with van der Waals surface area (Å²) in [5, 5.41) is 11.7. The lowest BCUT2D eigenvalue weighted by Gasteiger charge is -2.34. The molecule has 2 aliphatic rings. The average molecular weight is 315 g/mol. The zero-order valence-corrected chi connectivity index (χ0v) is 12.6. The smallest absolute Gasteiger partial charge is 0.251 e. The standard InChI is InChI=1S/C15H17N5O3/c16-8-12-14(18-6-5-17-12)23-10-2-1-7-20(9-10)15(22)11-3-4-13(21)19-11/h5-6,10-11H,1-4,7,9H2,(H,19,21). The van der Waals surface area contributed by atoms with Crippen molar-refractivity contribution in [1.29, 1.82) is 5.26 Å². The quantitative estimate of drug-likeness (QED) is 0.841. The first-order valence-electron chi connectivity index (χ1n) is 7.63. The van der Waals surface area contributed by atoms with E-state index in [1.54, 1.807) is 4.90 Å². The highest BCUT2D eigenvalue weighted by molar-refractivity contribution is 5.90. The van der Waals surface area contributed by atoms with Gasteiger partial charge < -0.3 is 15.0 Å². The predicted octanol–water partition coefficient (Wildman–Crippen LogP) is -0.00332. The number of nitriles is 1. The fourth-order valence-electron chi connectivity index (χ4n) is 2.90. The number of amides is 2. The van der Waals surface area contributed by atoms with E-state index in [1.807, 2.05) is 6.07 Å². The number of likely N-dealkylation sites (tertiary alicyclic amines) is 1. The Balaban J connectivity index is 1.63. The van der Waals surface area contributed by atoms with E-state index >= 15 is 0 Å². The molecule has 8 heteroatoms. The van der Waals surface area contributed by atoms with Gasteiger partial charge in [-0.05, 0) is 19.3 Å². The minimum atomic E-state index is -0.424. The Hall–Kier alpha value is -2.69. The molecule has 0 aliphatic carbocycles. The third kappa shape index (κ3) is 3.39. The summed E-state index contributed by atoms with van der Waals surface area (Å²) >= 11 is 0. The monoisotopic (exact) mass is 315 g/mol. The summed E-state index contributed by atoms with van der Waals surface area (Å²) in [6.07, 6.45) is 5.20. The first-order chi connectivity index (χ1) is 11.2. The molecule has 0 spiro atoms. The van der Waals surface area contributed by atoms with Gasteiger partial charge in [-0.25, -0.2) is 9.97 Å². The van der Waals surface area contributed by atoms with Crippen LogP contribution in [0.15, 0.2) is 12.4 Å². The average Bonchev–Trinajstić information content (AvgIpc) is 3.01. The van der Waals surface area contributed by atoms with Gasteiger partial charge in [-0.2, -0.15) is 5.26 Å². The van der Waals surface area contributed by atoms with E-state index in [0.717, 1.165) is 12.8 Å². The molecule has 0 saturated carbocycles. The topological polar surface area (TPSA) is 108 Å². The molecule has 0 bridgehead atoms. The van der Waals surface area contributed by atoms with E-state index in [-0.39, 0.29) is 29.5 Å². The third-order valence-corrected chi connectivity index (χ3v) is 4.03. The van der Waals surface area contributed by atoms with Gasteiger partial charge in [0, 0.05) is 25.4 Å². The Morgan fingerprint density at radius 1 is 1.39 bits per heavy atom. The Bertz CT molecular complexity index is 657. The Morgan fingerprint density at radius 3 is 2.96 bits per heavy atom. The molecule has 23 heavy (non-hydrogen) atoms. The number of hydrogen-bond acceptors (Lipinski definition) is 6. The van der Waals surface area contributed by atoms with Crippen molar-refractivity contribution in [2.24, 2.45) is 0 Å². The molecule has 1 N–H and O–H groups in total. The molecule has 1 aromatic rings. The van der Waals surface area contributed by atoms with Gasteiger partial charge in [0.1, 0.15) is 18.2 Å². The van der Waals surface area contributed by atoms with Crippen molar-refractivity contribution in [2.45, 2.75) is 37.8 Å². The first-order valence-corrected chi connectivity index (χ1v) is 7.63. The maximum absolute atomic E-state index is 12.4. The second-order valence-corrected chi connectivity index (χ2v) is 5.65. The van der Waals surface area contributed by atoms with Gasteiger partial charge in [-0.1, -0.05) is 0 Å². The van der Waals surface area contributed by atoms with E-state index in [4.69, 9.17) is 10.00 Å². The van der Waals surface area contributed by atoms with Crippen molar-refractivity contribution in [3.8, 4) is 11.9 Å². The molecule has 2 fully saturated rings. The van der Waals surface area contributed by atoms with Crippen molar-refractivity contribution < 1.29 is 14.3 Å². The fourth-order valence-corrected chi connectivity index (χ4v) is 2.90. The summed E-state index contributed by atoms with van der Waals surface area (Å²) in [7, 11) is 0. The Labute approximate surface area is 133 Å². The van der Waals surface area contributed by atoms with Gasteiger partial charge in [-0.15, -0.1) is 0 Å². The van der Waals surface area contributed by atoms with Crippen LogP contribution in [0.1, 0.15) is 31.4 Å². The van der Waals surface area contributed by atoms with Crippen LogP contribution >= 0.6 is 0 Å². The number of carbonyl (C=O) groups is 2. The molecule has 0 radical (unpaired) electrons. The summed E-state index contributed by atoms with van der Waals surface area (Å²) in [6, 6.07) is 1.52. The summed E-state index contributed by atoms with van der Waals surface area (Å²) < 4.78 is 5.76. The largest absolute Gasteiger partial charge is 0.470 e. The highest BCUT2D eigenvalue weighted by Crippen LogP contribution is 2.20. The first kappa shape index (κ1) is 15.2. The number of piperidine rings is 1. The van der Waals surface area contributed by atoms with Crippen LogP contribution in [-0.4, -0.2) is 51.9 Å². The van der Waals surface area contributed by atoms with Crippen LogP contribution in [0.3, 0.4) is 0 Å². The highest BCUT2D eigenvalue weighted by Gasteiger charge is 2.33. The molecule has 1 aromatic heterocycles. The fraction of sp³-hybridized carbons (Fsp3) is 0.533. The normalized spacial score (nSPS) is 24.0. The number of aromatic nitrogens is 2. The lowest BCUT2D eigenvalue weighted by molar-refractivity contribution is -0.136. The minimum absolute atomic E-state index is 0.0659. The maximum atomic E-state index is 12.4. The van der Waals surface area contributed by atoms with Crippen LogP contribution in [0, 0.1) is 11.3 Å². The summed E-state index contributed by atoms with van der Waals surface area (Å²) in [5.41, 5.74) is 0.138. The molecular formula is C15H17N5O3. The van der Waals surface area contributed by atoms with E-state index in [0.29, 0.717) is 25.9 Å². The lowest BCUT2D eigenvalue weighted by Crippen LogP contribution is -2.50. The van der Waals surface area contributed by atoms with Gasteiger partial charge in [0.15, 0.2) is 0 Å². The van der Waals surface area contributed by atoms with E-state index in [2.05, 4.69) is 15.3 Å². The molecule has 2 unspecified atom stereocenters. The van der Waals surface area contributed by atoms with Gasteiger partial charge in [0.05, 0.1) is 6.54 Å². The molecule has 2 saturated heterocycles. The summed E-state index contributed by atoms with van der Waals surface area (Å²) in [6.45, 7) is 1.07. The molecule has 2 aliphatic heterocycles. The third-order valence-electron chi connectivity index (χ3n) is 4.03. The van der Waals surface area contributed by atoms with Crippen molar-refractivity contribution in [2.75, 3.05) is 13.1 Å². The van der Waals surface area contributed by atoms with Crippen LogP contribution in [0.4, 0.5) is 0 Å². The van der Waals surface area contributed by atoms with Gasteiger partial charge in [0.2, 0.25) is 17.5 Å². The molecule has 2 amide bonds. The second kappa shape index (κ2) is 6.60. The van der Waals surface area contributed by atoms with Crippen molar-refractivity contribution >= 4 is 11.8 Å². The van der Waals surface area contributed by atoms with E-state index in [1.165, 1.54) is 12.4 Å². The van der Waals surface area contributed by atoms with Crippen LogP contribution in [0.5, 0.6) is 5.88 Å². The molecule has 120 valence electrons. The summed E-state index contributed by atoms with van der Waals surface area (Å²) in [4.78, 5) is 33.4. The van der Waals surface area contributed by atoms with Crippen molar-refractivity contribution in [3.63, 3.8) is 0 Å².